The summed E-state index contributed by atoms with van der Waals surface area (Å²) in [6, 6.07) is 6.29. The monoisotopic (exact) mass is 296 g/mol. The van der Waals surface area contributed by atoms with Crippen LogP contribution >= 0.6 is 11.6 Å². The summed E-state index contributed by atoms with van der Waals surface area (Å²) in [6.07, 6.45) is -0.829. The van der Waals surface area contributed by atoms with Gasteiger partial charge in [0.1, 0.15) is 5.71 Å². The largest absolute Gasteiger partial charge is 0.476 e. The number of ether oxygens (including phenoxy) is 1. The van der Waals surface area contributed by atoms with Crippen molar-refractivity contribution in [3.05, 3.63) is 34.9 Å². The lowest BCUT2D eigenvalue weighted by Gasteiger charge is -2.20. The van der Waals surface area contributed by atoms with Crippen LogP contribution in [0.4, 0.5) is 4.79 Å². The number of carboxylic acids is 1. The van der Waals surface area contributed by atoms with Crippen molar-refractivity contribution >= 4 is 35.1 Å². The summed E-state index contributed by atoms with van der Waals surface area (Å²) in [5.41, 5.74) is 2.30. The molecule has 1 aliphatic heterocycles. The van der Waals surface area contributed by atoms with Crippen LogP contribution in [0, 0.1) is 0 Å². The molecule has 0 unspecified atom stereocenters. The van der Waals surface area contributed by atoms with Gasteiger partial charge in [-0.1, -0.05) is 28.9 Å². The smallest absolute Gasteiger partial charge is 0.451 e. The van der Waals surface area contributed by atoms with Crippen LogP contribution < -0.4 is 5.53 Å². The van der Waals surface area contributed by atoms with Gasteiger partial charge in [-0.25, -0.2) is 9.59 Å². The first kappa shape index (κ1) is 13.8. The second-order valence-corrected chi connectivity index (χ2v) is 4.04. The van der Waals surface area contributed by atoms with Crippen LogP contribution in [-0.4, -0.2) is 40.8 Å². The quantitative estimate of drug-likeness (QED) is 0.849. The zero-order valence-electron chi connectivity index (χ0n) is 10.2. The number of hydrazone groups is 2. The van der Waals surface area contributed by atoms with E-state index in [9.17, 15) is 9.59 Å². The fourth-order valence-electron chi connectivity index (χ4n) is 1.44. The number of methoxy groups -OCH3 is 1. The van der Waals surface area contributed by atoms with Gasteiger partial charge in [0, 0.05) is 10.6 Å². The Kier molecular flexibility index (Phi) is 3.85. The van der Waals surface area contributed by atoms with E-state index in [2.05, 4.69) is 20.5 Å². The van der Waals surface area contributed by atoms with E-state index in [0.717, 1.165) is 7.11 Å². The second kappa shape index (κ2) is 5.57. The number of aliphatic carboxylic acids is 1. The molecular formula is C11H9ClN4O4. The van der Waals surface area contributed by atoms with Gasteiger partial charge in [0.2, 0.25) is 0 Å². The van der Waals surface area contributed by atoms with Gasteiger partial charge in [0.05, 0.1) is 7.11 Å². The van der Waals surface area contributed by atoms with Crippen molar-refractivity contribution in [3.8, 4) is 0 Å². The summed E-state index contributed by atoms with van der Waals surface area (Å²) in [7, 11) is 1.16. The molecule has 1 aliphatic rings. The van der Waals surface area contributed by atoms with E-state index in [4.69, 9.17) is 16.7 Å². The maximum absolute atomic E-state index is 11.4. The van der Waals surface area contributed by atoms with E-state index in [1.54, 1.807) is 24.3 Å². The maximum atomic E-state index is 11.4. The standard InChI is InChI=1S/C11H9ClN4O4/c1-20-11(19)16-14-8(9(10(17)18)13-15-16)6-2-4-7(12)5-3-6/h2-5,15H,1H3,(H,17,18). The summed E-state index contributed by atoms with van der Waals surface area (Å²) in [5.74, 6) is -1.28. The molecule has 20 heavy (non-hydrogen) atoms. The molecule has 2 N–H and O–H groups in total. The molecule has 0 aromatic heterocycles. The molecule has 104 valence electrons. The molecule has 0 saturated carbocycles. The molecule has 8 nitrogen and oxygen atoms in total. The highest BCUT2D eigenvalue weighted by Crippen LogP contribution is 2.13. The summed E-state index contributed by atoms with van der Waals surface area (Å²) in [6.45, 7) is 0. The van der Waals surface area contributed by atoms with Gasteiger partial charge >= 0.3 is 12.1 Å². The molecule has 0 spiro atoms. The van der Waals surface area contributed by atoms with Crippen LogP contribution in [0.5, 0.6) is 0 Å². The number of nitrogens with zero attached hydrogens (tertiary/aromatic N) is 3. The van der Waals surface area contributed by atoms with Gasteiger partial charge < -0.3 is 9.84 Å². The van der Waals surface area contributed by atoms with Crippen molar-refractivity contribution in [2.45, 2.75) is 0 Å². The van der Waals surface area contributed by atoms with Crippen LogP contribution in [0.25, 0.3) is 0 Å². The summed E-state index contributed by atoms with van der Waals surface area (Å²) < 4.78 is 4.47. The summed E-state index contributed by atoms with van der Waals surface area (Å²) in [4.78, 5) is 22.5. The molecule has 9 heteroatoms. The molecule has 2 rings (SSSR count). The molecule has 1 aromatic rings. The average molecular weight is 297 g/mol. The predicted octanol–water partition coefficient (Wildman–Crippen LogP) is 1.07. The van der Waals surface area contributed by atoms with E-state index in [0.29, 0.717) is 15.7 Å². The highest BCUT2D eigenvalue weighted by Gasteiger charge is 2.27. The maximum Gasteiger partial charge on any atom is 0.451 e. The van der Waals surface area contributed by atoms with Gasteiger partial charge in [0.25, 0.3) is 0 Å². The number of rotatable bonds is 2. The lowest BCUT2D eigenvalue weighted by Crippen LogP contribution is -2.44. The molecule has 1 amide bonds. The number of carbonyl (C=O) groups is 2. The van der Waals surface area contributed by atoms with E-state index in [1.165, 1.54) is 0 Å². The highest BCUT2D eigenvalue weighted by atomic mass is 35.5. The highest BCUT2D eigenvalue weighted by molar-refractivity contribution is 6.68. The van der Waals surface area contributed by atoms with Crippen LogP contribution in [0.15, 0.2) is 34.5 Å². The van der Waals surface area contributed by atoms with Gasteiger partial charge in [-0.15, -0.1) is 10.2 Å². The Bertz CT molecular complexity index is 611. The second-order valence-electron chi connectivity index (χ2n) is 3.60. The summed E-state index contributed by atoms with van der Waals surface area (Å²) in [5, 5.41) is 17.7. The Labute approximate surface area is 118 Å². The minimum Gasteiger partial charge on any atom is -0.476 e. The predicted molar refractivity (Wildman–Crippen MR) is 70.4 cm³/mol. The molecule has 0 fully saturated rings. The SMILES string of the molecule is COC(=O)N1N=C(c2ccc(Cl)cc2)C(C(=O)O)=NN1. The van der Waals surface area contributed by atoms with E-state index >= 15 is 0 Å². The topological polar surface area (TPSA) is 104 Å². The molecule has 1 heterocycles. The fraction of sp³-hybridized carbons (Fsp3) is 0.0909. The zero-order valence-corrected chi connectivity index (χ0v) is 11.0. The zero-order chi connectivity index (χ0) is 14.7. The van der Waals surface area contributed by atoms with Gasteiger partial charge in [-0.3, -0.25) is 0 Å². The minimum absolute atomic E-state index is 0.0123. The van der Waals surface area contributed by atoms with Crippen molar-refractivity contribution in [2.75, 3.05) is 7.11 Å². The lowest BCUT2D eigenvalue weighted by molar-refractivity contribution is -0.129. The molecule has 0 atom stereocenters. The first-order valence-electron chi connectivity index (χ1n) is 5.32. The molecular weight excluding hydrogens is 288 g/mol. The lowest BCUT2D eigenvalue weighted by atomic mass is 10.1. The minimum atomic E-state index is -1.28. The average Bonchev–Trinajstić information content (AvgIpc) is 2.46. The number of carbonyl (C=O) groups excluding carboxylic acids is 1. The number of amides is 1. The normalized spacial score (nSPS) is 14.0. The molecule has 0 radical (unpaired) electrons. The molecule has 0 aliphatic carbocycles. The third-order valence-corrected chi connectivity index (χ3v) is 2.60. The van der Waals surface area contributed by atoms with Crippen molar-refractivity contribution in [2.24, 2.45) is 10.2 Å². The van der Waals surface area contributed by atoms with Crippen LogP contribution in [-0.2, 0) is 9.53 Å². The number of hydrogen-bond donors (Lipinski definition) is 2. The number of hydrazine groups is 1. The van der Waals surface area contributed by atoms with E-state index in [-0.39, 0.29) is 11.4 Å². The Morgan fingerprint density at radius 3 is 2.55 bits per heavy atom. The third-order valence-electron chi connectivity index (χ3n) is 2.35. The first-order valence-corrected chi connectivity index (χ1v) is 5.70. The van der Waals surface area contributed by atoms with Crippen molar-refractivity contribution in [3.63, 3.8) is 0 Å². The van der Waals surface area contributed by atoms with E-state index < -0.39 is 12.1 Å². The van der Waals surface area contributed by atoms with Crippen molar-refractivity contribution < 1.29 is 19.4 Å². The Morgan fingerprint density at radius 1 is 1.35 bits per heavy atom. The van der Waals surface area contributed by atoms with Crippen LogP contribution in [0.2, 0.25) is 5.02 Å². The Hall–Kier alpha value is -2.61. The van der Waals surface area contributed by atoms with Crippen LogP contribution in [0.1, 0.15) is 5.56 Å². The van der Waals surface area contributed by atoms with Crippen molar-refractivity contribution in [1.82, 2.24) is 10.7 Å². The number of hydrogen-bond acceptors (Lipinski definition) is 6. The Balaban J connectivity index is 2.43. The number of carboxylic acid groups (broad SMARTS) is 1. The number of halogens is 1. The molecule has 0 bridgehead atoms. The van der Waals surface area contributed by atoms with Gasteiger partial charge in [-0.05, 0) is 12.1 Å². The molecule has 1 aromatic carbocycles. The third kappa shape index (κ3) is 2.69. The molecule has 0 saturated heterocycles. The fourth-order valence-corrected chi connectivity index (χ4v) is 1.57. The first-order chi connectivity index (χ1) is 9.52. The number of nitrogens with one attached hydrogen (secondary N) is 1. The van der Waals surface area contributed by atoms with E-state index in [1.807, 2.05) is 0 Å². The summed E-state index contributed by atoms with van der Waals surface area (Å²) >= 11 is 5.77. The van der Waals surface area contributed by atoms with Gasteiger partial charge in [0.15, 0.2) is 5.71 Å². The van der Waals surface area contributed by atoms with Crippen LogP contribution in [0.3, 0.4) is 0 Å². The van der Waals surface area contributed by atoms with Gasteiger partial charge in [-0.2, -0.15) is 5.53 Å². The van der Waals surface area contributed by atoms with Crippen molar-refractivity contribution in [1.29, 1.82) is 0 Å². The Morgan fingerprint density at radius 2 is 2.00 bits per heavy atom. The number of benzene rings is 1.